The van der Waals surface area contributed by atoms with Crippen LogP contribution in [0.2, 0.25) is 0 Å². The minimum absolute atomic E-state index is 0.0465. The molecule has 326 valence electrons. The number of hydrogen-bond donors (Lipinski definition) is 0. The second-order valence-electron chi connectivity index (χ2n) is 22.1. The van der Waals surface area contributed by atoms with Crippen LogP contribution in [0.4, 0.5) is 0 Å². The normalized spacial score (nSPS) is 12.6. The summed E-state index contributed by atoms with van der Waals surface area (Å²) >= 11 is 0. The second-order valence-corrected chi connectivity index (χ2v) is 22.1. The van der Waals surface area contributed by atoms with Crippen molar-refractivity contribution in [3.63, 3.8) is 0 Å². The molecule has 65 heavy (non-hydrogen) atoms. The molecule has 0 saturated carbocycles. The number of para-hydroxylation sites is 2. The molecule has 0 radical (unpaired) electrons. The molecule has 0 spiro atoms. The third kappa shape index (κ3) is 8.82. The van der Waals surface area contributed by atoms with Gasteiger partial charge in [0.05, 0.1) is 11.4 Å². The number of aromatic nitrogens is 2. The standard InChI is InChI=1S/C62H62N2O/c1-59(2,3)47-31-45(32-48(35-47)60(4,5)6)55-29-27-43(37-63-55)39-19-23-41(24-20-39)51-15-13-17-53-54-18-14-16-52(58(54)65-57(51)53)42-25-21-40(22-26-42)44-28-30-56(64-38-44)46-33-49(61(7,8)9)36-50(34-46)62(10,11)12/h13-38H,1-12H3. The molecule has 0 fully saturated rings. The maximum atomic E-state index is 6.86. The summed E-state index contributed by atoms with van der Waals surface area (Å²) in [6, 6.07) is 53.1. The van der Waals surface area contributed by atoms with Gasteiger partial charge in [0.15, 0.2) is 0 Å². The van der Waals surface area contributed by atoms with Gasteiger partial charge in [0.1, 0.15) is 11.2 Å². The van der Waals surface area contributed by atoms with Crippen LogP contribution in [-0.2, 0) is 21.7 Å². The van der Waals surface area contributed by atoms with Gasteiger partial charge in [-0.3, -0.25) is 9.97 Å². The molecule has 0 unspecified atom stereocenters. The predicted octanol–water partition coefficient (Wildman–Crippen LogP) is 17.6. The van der Waals surface area contributed by atoms with Crippen molar-refractivity contribution < 1.29 is 4.42 Å². The van der Waals surface area contributed by atoms with Crippen LogP contribution in [0.1, 0.15) is 105 Å². The van der Waals surface area contributed by atoms with E-state index in [2.05, 4.69) is 229 Å². The van der Waals surface area contributed by atoms with Crippen molar-refractivity contribution in [2.75, 3.05) is 0 Å². The van der Waals surface area contributed by atoms with E-state index in [-0.39, 0.29) is 21.7 Å². The van der Waals surface area contributed by atoms with Crippen LogP contribution < -0.4 is 0 Å². The fourth-order valence-corrected chi connectivity index (χ4v) is 8.71. The second kappa shape index (κ2) is 16.1. The molecule has 0 aliphatic carbocycles. The number of benzene rings is 6. The molecule has 0 N–H and O–H groups in total. The number of furan rings is 1. The molecule has 0 aliphatic rings. The van der Waals surface area contributed by atoms with Gasteiger partial charge in [-0.1, -0.05) is 192 Å². The molecule has 6 aromatic carbocycles. The van der Waals surface area contributed by atoms with Crippen molar-refractivity contribution in [3.05, 3.63) is 180 Å². The van der Waals surface area contributed by atoms with E-state index in [9.17, 15) is 0 Å². The number of rotatable bonds is 6. The van der Waals surface area contributed by atoms with Gasteiger partial charge in [-0.15, -0.1) is 0 Å². The molecule has 0 amide bonds. The first-order chi connectivity index (χ1) is 30.7. The van der Waals surface area contributed by atoms with E-state index < -0.39 is 0 Å². The predicted molar refractivity (Wildman–Crippen MR) is 277 cm³/mol. The van der Waals surface area contributed by atoms with Gasteiger partial charge < -0.3 is 4.42 Å². The Morgan fingerprint density at radius 1 is 0.308 bits per heavy atom. The molecular formula is C62H62N2O. The van der Waals surface area contributed by atoms with Gasteiger partial charge in [-0.05, 0) is 103 Å². The third-order valence-corrected chi connectivity index (χ3v) is 13.0. The van der Waals surface area contributed by atoms with Crippen LogP contribution in [0.25, 0.3) is 89.0 Å². The Morgan fingerprint density at radius 3 is 0.908 bits per heavy atom. The SMILES string of the molecule is CC(C)(C)c1cc(-c2ccc(-c3ccc(-c4cccc5c4oc4c(-c6ccc(-c7ccc(-c8cc(C(C)(C)C)cc(C(C)(C)C)c8)nc7)cc6)cccc45)cc3)cn2)cc(C(C)(C)C)c1. The molecule has 0 atom stereocenters. The highest BCUT2D eigenvalue weighted by Gasteiger charge is 2.23. The summed E-state index contributed by atoms with van der Waals surface area (Å²) in [6.07, 6.45) is 4.00. The Hall–Kier alpha value is -6.58. The molecule has 3 heterocycles. The summed E-state index contributed by atoms with van der Waals surface area (Å²) in [4.78, 5) is 9.97. The van der Waals surface area contributed by atoms with E-state index in [1.165, 1.54) is 22.3 Å². The van der Waals surface area contributed by atoms with Gasteiger partial charge in [-0.25, -0.2) is 0 Å². The molecule has 9 rings (SSSR count). The highest BCUT2D eigenvalue weighted by molar-refractivity contribution is 6.13. The van der Waals surface area contributed by atoms with E-state index in [0.717, 1.165) is 89.0 Å². The molecule has 0 saturated heterocycles. The Balaban J connectivity index is 0.970. The van der Waals surface area contributed by atoms with E-state index in [1.807, 2.05) is 12.4 Å². The minimum atomic E-state index is 0.0465. The third-order valence-electron chi connectivity index (χ3n) is 13.0. The summed E-state index contributed by atoms with van der Waals surface area (Å²) < 4.78 is 6.86. The molecule has 9 aromatic rings. The fraction of sp³-hybridized carbons (Fsp3) is 0.258. The summed E-state index contributed by atoms with van der Waals surface area (Å²) in [7, 11) is 0. The topological polar surface area (TPSA) is 38.9 Å². The first-order valence-electron chi connectivity index (χ1n) is 23.1. The monoisotopic (exact) mass is 850 g/mol. The van der Waals surface area contributed by atoms with E-state index in [4.69, 9.17) is 14.4 Å². The van der Waals surface area contributed by atoms with E-state index >= 15 is 0 Å². The van der Waals surface area contributed by atoms with Crippen LogP contribution in [0.15, 0.2) is 162 Å². The minimum Gasteiger partial charge on any atom is -0.455 e. The fourth-order valence-electron chi connectivity index (χ4n) is 8.71. The summed E-state index contributed by atoms with van der Waals surface area (Å²) in [5.74, 6) is 0. The van der Waals surface area contributed by atoms with Gasteiger partial charge in [-0.2, -0.15) is 0 Å². The van der Waals surface area contributed by atoms with Crippen molar-refractivity contribution in [1.29, 1.82) is 0 Å². The zero-order chi connectivity index (χ0) is 46.1. The lowest BCUT2D eigenvalue weighted by Crippen LogP contribution is -2.16. The van der Waals surface area contributed by atoms with Gasteiger partial charge in [0.25, 0.3) is 0 Å². The quantitative estimate of drug-likeness (QED) is 0.167. The molecule has 3 heteroatoms. The highest BCUT2D eigenvalue weighted by atomic mass is 16.3. The van der Waals surface area contributed by atoms with E-state index in [0.29, 0.717) is 0 Å². The summed E-state index contributed by atoms with van der Waals surface area (Å²) in [5.41, 5.74) is 20.4. The molecule has 3 aromatic heterocycles. The molecular weight excluding hydrogens is 789 g/mol. The van der Waals surface area contributed by atoms with Gasteiger partial charge in [0.2, 0.25) is 0 Å². The van der Waals surface area contributed by atoms with Crippen molar-refractivity contribution in [2.45, 2.75) is 105 Å². The lowest BCUT2D eigenvalue weighted by molar-refractivity contribution is 0.568. The lowest BCUT2D eigenvalue weighted by Gasteiger charge is -2.26. The van der Waals surface area contributed by atoms with Crippen molar-refractivity contribution in [2.24, 2.45) is 0 Å². The van der Waals surface area contributed by atoms with Crippen molar-refractivity contribution in [3.8, 4) is 67.0 Å². The van der Waals surface area contributed by atoms with Crippen LogP contribution in [0.3, 0.4) is 0 Å². The zero-order valence-electron chi connectivity index (χ0n) is 40.3. The maximum Gasteiger partial charge on any atom is 0.143 e. The molecule has 3 nitrogen and oxygen atoms in total. The van der Waals surface area contributed by atoms with Crippen LogP contribution in [0, 0.1) is 0 Å². The largest absolute Gasteiger partial charge is 0.455 e. The average Bonchev–Trinajstić information content (AvgIpc) is 3.67. The zero-order valence-corrected chi connectivity index (χ0v) is 40.3. The van der Waals surface area contributed by atoms with Gasteiger partial charge >= 0.3 is 0 Å². The van der Waals surface area contributed by atoms with Crippen LogP contribution >= 0.6 is 0 Å². The van der Waals surface area contributed by atoms with Crippen molar-refractivity contribution in [1.82, 2.24) is 9.97 Å². The van der Waals surface area contributed by atoms with Crippen molar-refractivity contribution >= 4 is 21.9 Å². The number of hydrogen-bond acceptors (Lipinski definition) is 3. The Morgan fingerprint density at radius 2 is 0.615 bits per heavy atom. The Labute approximate surface area is 386 Å². The first kappa shape index (κ1) is 43.7. The lowest BCUT2D eigenvalue weighted by atomic mass is 9.79. The van der Waals surface area contributed by atoms with E-state index in [1.54, 1.807) is 0 Å². The first-order valence-corrected chi connectivity index (χ1v) is 23.1. The summed E-state index contributed by atoms with van der Waals surface area (Å²) in [6.45, 7) is 27.3. The van der Waals surface area contributed by atoms with Gasteiger partial charge in [0, 0.05) is 56.5 Å². The number of fused-ring (bicyclic) bond motifs is 3. The Bertz CT molecular complexity index is 2890. The number of pyridine rings is 2. The Kier molecular flexibility index (Phi) is 10.8. The summed E-state index contributed by atoms with van der Waals surface area (Å²) in [5, 5.41) is 2.22. The molecule has 0 bridgehead atoms. The maximum absolute atomic E-state index is 6.86. The van der Waals surface area contributed by atoms with Crippen LogP contribution in [-0.4, -0.2) is 9.97 Å². The van der Waals surface area contributed by atoms with Crippen LogP contribution in [0.5, 0.6) is 0 Å². The average molecular weight is 851 g/mol. The smallest absolute Gasteiger partial charge is 0.143 e. The highest BCUT2D eigenvalue weighted by Crippen LogP contribution is 2.41. The number of nitrogens with zero attached hydrogens (tertiary/aromatic N) is 2. The molecule has 0 aliphatic heterocycles.